The van der Waals surface area contributed by atoms with Crippen LogP contribution in [0.5, 0.6) is 0 Å². The maximum absolute atomic E-state index is 13.5. The third kappa shape index (κ3) is 5.46. The molecule has 0 radical (unpaired) electrons. The fourth-order valence-corrected chi connectivity index (χ4v) is 2.87. The smallest absolute Gasteiger partial charge is 0.434 e. The summed E-state index contributed by atoms with van der Waals surface area (Å²) in [6, 6.07) is 11.6. The minimum Gasteiger partial charge on any atom is -0.478 e. The van der Waals surface area contributed by atoms with Gasteiger partial charge in [-0.25, -0.2) is 19.3 Å². The van der Waals surface area contributed by atoms with Crippen LogP contribution >= 0.6 is 0 Å². The fourth-order valence-electron chi connectivity index (χ4n) is 2.87. The lowest BCUT2D eigenvalue weighted by Gasteiger charge is -2.13. The lowest BCUT2D eigenvalue weighted by Crippen LogP contribution is -2.30. The Kier molecular flexibility index (Phi) is 7.09. The van der Waals surface area contributed by atoms with Crippen molar-refractivity contribution in [3.63, 3.8) is 0 Å². The predicted octanol–water partition coefficient (Wildman–Crippen LogP) is 3.67. The standard InChI is InChI=1S/C22H18F3N5O4/c1-2-34-21(33)17(11-26)19(22(23,24)25)27-15-6-8-16(9-7-15)30-12-18(28-29-30)13-4-3-5-14(10-13)20(31)32/h3-12H,2,26H2,1H3,(H,31,32). The number of aromatic nitrogens is 3. The van der Waals surface area contributed by atoms with E-state index in [0.717, 1.165) is 0 Å². The first kappa shape index (κ1) is 24.2. The minimum atomic E-state index is -4.96. The molecule has 2 aromatic carbocycles. The molecule has 0 aliphatic heterocycles. The molecular formula is C22H18F3N5O4. The van der Waals surface area contributed by atoms with Crippen molar-refractivity contribution in [1.29, 1.82) is 0 Å². The van der Waals surface area contributed by atoms with Crippen LogP contribution in [0, 0.1) is 0 Å². The molecule has 0 unspecified atom stereocenters. The van der Waals surface area contributed by atoms with E-state index in [-0.39, 0.29) is 17.9 Å². The largest absolute Gasteiger partial charge is 0.478 e. The maximum atomic E-state index is 13.5. The van der Waals surface area contributed by atoms with Crippen LogP contribution in [0.25, 0.3) is 16.9 Å². The molecule has 12 heteroatoms. The third-order valence-corrected chi connectivity index (χ3v) is 4.44. The first-order valence-corrected chi connectivity index (χ1v) is 9.75. The van der Waals surface area contributed by atoms with Gasteiger partial charge in [0.05, 0.1) is 29.7 Å². The van der Waals surface area contributed by atoms with Gasteiger partial charge in [-0.05, 0) is 43.3 Å². The topological polar surface area (TPSA) is 133 Å². The Bertz CT molecular complexity index is 1260. The Morgan fingerprint density at radius 1 is 1.21 bits per heavy atom. The van der Waals surface area contributed by atoms with Gasteiger partial charge in [0.1, 0.15) is 11.3 Å². The second-order valence-electron chi connectivity index (χ2n) is 6.71. The fraction of sp³-hybridized carbons (Fsp3) is 0.136. The number of carbonyl (C=O) groups is 2. The Hall–Kier alpha value is -4.48. The Balaban J connectivity index is 1.90. The van der Waals surface area contributed by atoms with Gasteiger partial charge in [0, 0.05) is 11.8 Å². The molecular weight excluding hydrogens is 455 g/mol. The molecule has 0 aliphatic carbocycles. The van der Waals surface area contributed by atoms with Crippen LogP contribution in [0.4, 0.5) is 18.9 Å². The second kappa shape index (κ2) is 9.98. The molecule has 1 heterocycles. The van der Waals surface area contributed by atoms with E-state index in [0.29, 0.717) is 23.1 Å². The Morgan fingerprint density at radius 2 is 1.91 bits per heavy atom. The Labute approximate surface area is 191 Å². The number of carboxylic acids is 1. The zero-order valence-corrected chi connectivity index (χ0v) is 17.7. The van der Waals surface area contributed by atoms with Crippen LogP contribution in [-0.2, 0) is 9.53 Å². The summed E-state index contributed by atoms with van der Waals surface area (Å²) in [6.07, 6.45) is -2.91. The number of aliphatic imine (C=N–C) groups is 1. The lowest BCUT2D eigenvalue weighted by molar-refractivity contribution is -0.138. The molecule has 34 heavy (non-hydrogen) atoms. The number of aromatic carboxylic acids is 1. The van der Waals surface area contributed by atoms with Crippen molar-refractivity contribution in [3.05, 3.63) is 72.1 Å². The van der Waals surface area contributed by atoms with Crippen molar-refractivity contribution in [2.45, 2.75) is 13.1 Å². The van der Waals surface area contributed by atoms with Crippen LogP contribution in [0.15, 0.2) is 71.5 Å². The second-order valence-corrected chi connectivity index (χ2v) is 6.71. The number of nitrogens with zero attached hydrogens (tertiary/aromatic N) is 4. The van der Waals surface area contributed by atoms with Gasteiger partial charge in [0.15, 0.2) is 5.71 Å². The van der Waals surface area contributed by atoms with E-state index in [9.17, 15) is 22.8 Å². The molecule has 0 saturated heterocycles. The number of hydrogen-bond donors (Lipinski definition) is 2. The average Bonchev–Trinajstić information content (AvgIpc) is 3.29. The Morgan fingerprint density at radius 3 is 2.50 bits per heavy atom. The van der Waals surface area contributed by atoms with Gasteiger partial charge in [-0.15, -0.1) is 5.10 Å². The van der Waals surface area contributed by atoms with E-state index in [1.54, 1.807) is 12.1 Å². The van der Waals surface area contributed by atoms with Crippen molar-refractivity contribution >= 4 is 23.3 Å². The first-order valence-electron chi connectivity index (χ1n) is 9.75. The summed E-state index contributed by atoms with van der Waals surface area (Å²) in [5.74, 6) is -2.32. The molecule has 3 N–H and O–H groups in total. The van der Waals surface area contributed by atoms with E-state index < -0.39 is 29.4 Å². The molecule has 1 aromatic heterocycles. The molecule has 0 amide bonds. The summed E-state index contributed by atoms with van der Waals surface area (Å²) in [5, 5.41) is 17.1. The highest BCUT2D eigenvalue weighted by molar-refractivity contribution is 6.22. The van der Waals surface area contributed by atoms with E-state index in [1.165, 1.54) is 54.2 Å². The van der Waals surface area contributed by atoms with Crippen LogP contribution in [0.3, 0.4) is 0 Å². The number of hydrogen-bond acceptors (Lipinski definition) is 7. The van der Waals surface area contributed by atoms with Gasteiger partial charge >= 0.3 is 18.1 Å². The van der Waals surface area contributed by atoms with Crippen LogP contribution in [0.1, 0.15) is 17.3 Å². The summed E-state index contributed by atoms with van der Waals surface area (Å²) in [4.78, 5) is 26.6. The number of carbonyl (C=O) groups excluding carboxylic acids is 1. The molecule has 0 atom stereocenters. The lowest BCUT2D eigenvalue weighted by atomic mass is 10.1. The first-order chi connectivity index (χ1) is 16.1. The molecule has 0 spiro atoms. The highest BCUT2D eigenvalue weighted by Gasteiger charge is 2.41. The van der Waals surface area contributed by atoms with E-state index in [2.05, 4.69) is 20.0 Å². The molecule has 3 rings (SSSR count). The number of benzene rings is 2. The van der Waals surface area contributed by atoms with Crippen molar-refractivity contribution in [1.82, 2.24) is 15.0 Å². The number of carboxylic acid groups (broad SMARTS) is 1. The molecule has 0 saturated carbocycles. The zero-order chi connectivity index (χ0) is 24.9. The predicted molar refractivity (Wildman–Crippen MR) is 116 cm³/mol. The van der Waals surface area contributed by atoms with Gasteiger partial charge in [-0.1, -0.05) is 17.3 Å². The van der Waals surface area contributed by atoms with E-state index in [1.807, 2.05) is 0 Å². The monoisotopic (exact) mass is 473 g/mol. The van der Waals surface area contributed by atoms with E-state index >= 15 is 0 Å². The molecule has 0 bridgehead atoms. The highest BCUT2D eigenvalue weighted by Crippen LogP contribution is 2.27. The number of esters is 1. The summed E-state index contributed by atoms with van der Waals surface area (Å²) in [6.45, 7) is 1.32. The van der Waals surface area contributed by atoms with Crippen molar-refractivity contribution in [2.75, 3.05) is 6.61 Å². The van der Waals surface area contributed by atoms with Crippen LogP contribution < -0.4 is 5.73 Å². The number of halogens is 3. The molecule has 0 aliphatic rings. The van der Waals surface area contributed by atoms with Crippen molar-refractivity contribution in [2.24, 2.45) is 10.7 Å². The van der Waals surface area contributed by atoms with Crippen LogP contribution in [0.2, 0.25) is 0 Å². The SMILES string of the molecule is CCOC(=O)C(=CN)C(=Nc1ccc(-n2cc(-c3cccc(C(=O)O)c3)nn2)cc1)C(F)(F)F. The van der Waals surface area contributed by atoms with Gasteiger partial charge in [-0.3, -0.25) is 0 Å². The zero-order valence-electron chi connectivity index (χ0n) is 17.7. The van der Waals surface area contributed by atoms with Gasteiger partial charge in [-0.2, -0.15) is 13.2 Å². The summed E-state index contributed by atoms with van der Waals surface area (Å²) >= 11 is 0. The number of nitrogens with two attached hydrogens (primary N) is 1. The van der Waals surface area contributed by atoms with Crippen molar-refractivity contribution in [3.8, 4) is 16.9 Å². The van der Waals surface area contributed by atoms with Gasteiger partial charge in [0.2, 0.25) is 0 Å². The number of alkyl halides is 3. The highest BCUT2D eigenvalue weighted by atomic mass is 19.4. The van der Waals surface area contributed by atoms with Gasteiger partial charge in [0.25, 0.3) is 0 Å². The number of rotatable bonds is 7. The van der Waals surface area contributed by atoms with Crippen molar-refractivity contribution < 1.29 is 32.6 Å². The third-order valence-electron chi connectivity index (χ3n) is 4.44. The summed E-state index contributed by atoms with van der Waals surface area (Å²) in [5.41, 5.74) is 4.24. The molecule has 176 valence electrons. The van der Waals surface area contributed by atoms with Gasteiger partial charge < -0.3 is 15.6 Å². The molecule has 9 nitrogen and oxygen atoms in total. The quantitative estimate of drug-likeness (QED) is 0.304. The summed E-state index contributed by atoms with van der Waals surface area (Å²) < 4.78 is 46.6. The summed E-state index contributed by atoms with van der Waals surface area (Å²) in [7, 11) is 0. The van der Waals surface area contributed by atoms with E-state index in [4.69, 9.17) is 10.8 Å². The maximum Gasteiger partial charge on any atom is 0.434 e. The van der Waals surface area contributed by atoms with Crippen LogP contribution in [-0.4, -0.2) is 50.5 Å². The number of ether oxygens (including phenoxy) is 1. The molecule has 0 fully saturated rings. The molecule has 3 aromatic rings. The normalized spacial score (nSPS) is 12.5. The minimum absolute atomic E-state index is 0.0865. The average molecular weight is 473 g/mol.